The molecule has 0 aliphatic carbocycles. The molecule has 1 amide bonds. The predicted molar refractivity (Wildman–Crippen MR) is 120 cm³/mol. The van der Waals surface area contributed by atoms with Gasteiger partial charge >= 0.3 is 0 Å². The largest absolute Gasteiger partial charge is 0.484 e. The number of amides is 1. The van der Waals surface area contributed by atoms with Crippen LogP contribution >= 0.6 is 11.3 Å². The molecule has 0 atom stereocenters. The standard InChI is InChI=1S/C22H21N5O3S/c1-14(2)16-12-20(28)25-22(23-16)27-19(11-17(26-27)18-9-6-10-31-18)24-21(29)13-30-15-7-4-3-5-8-15/h3-12,14H,13H2,1-2H3,(H,24,29)(H,23,25,28). The van der Waals surface area contributed by atoms with Gasteiger partial charge in [-0.15, -0.1) is 11.3 Å². The topological polar surface area (TPSA) is 102 Å². The number of nitrogens with zero attached hydrogens (tertiary/aromatic N) is 3. The van der Waals surface area contributed by atoms with Crippen LogP contribution in [0, 0.1) is 0 Å². The molecule has 3 aromatic heterocycles. The Balaban J connectivity index is 1.65. The van der Waals surface area contributed by atoms with Crippen molar-refractivity contribution in [3.05, 3.63) is 76.0 Å². The number of carbonyl (C=O) groups is 1. The first-order chi connectivity index (χ1) is 15.0. The number of H-pyrrole nitrogens is 1. The monoisotopic (exact) mass is 435 g/mol. The number of aromatic nitrogens is 4. The third-order valence-corrected chi connectivity index (χ3v) is 5.30. The Morgan fingerprint density at radius 1 is 1.19 bits per heavy atom. The minimum atomic E-state index is -0.356. The molecule has 2 N–H and O–H groups in total. The van der Waals surface area contributed by atoms with E-state index in [4.69, 9.17) is 4.74 Å². The van der Waals surface area contributed by atoms with E-state index in [1.165, 1.54) is 22.1 Å². The average Bonchev–Trinajstić information content (AvgIpc) is 3.42. The average molecular weight is 436 g/mol. The number of rotatable bonds is 7. The van der Waals surface area contributed by atoms with E-state index >= 15 is 0 Å². The summed E-state index contributed by atoms with van der Waals surface area (Å²) in [5, 5.41) is 9.33. The minimum absolute atomic E-state index is 0.0608. The molecule has 0 spiro atoms. The fourth-order valence-corrected chi connectivity index (χ4v) is 3.56. The summed E-state index contributed by atoms with van der Waals surface area (Å²) in [5.74, 6) is 0.921. The molecular weight excluding hydrogens is 414 g/mol. The number of benzene rings is 1. The van der Waals surface area contributed by atoms with E-state index in [1.54, 1.807) is 18.2 Å². The summed E-state index contributed by atoms with van der Waals surface area (Å²) in [6, 6.07) is 16.1. The van der Waals surface area contributed by atoms with E-state index in [2.05, 4.69) is 20.4 Å². The van der Waals surface area contributed by atoms with Gasteiger partial charge in [0.2, 0.25) is 5.95 Å². The molecule has 31 heavy (non-hydrogen) atoms. The number of aromatic amines is 1. The number of carbonyl (C=O) groups excluding carboxylic acids is 1. The predicted octanol–water partition coefficient (Wildman–Crippen LogP) is 3.83. The van der Waals surface area contributed by atoms with Crippen molar-refractivity contribution < 1.29 is 9.53 Å². The van der Waals surface area contributed by atoms with Crippen molar-refractivity contribution in [1.29, 1.82) is 0 Å². The lowest BCUT2D eigenvalue weighted by Crippen LogP contribution is -2.23. The maximum atomic E-state index is 12.5. The van der Waals surface area contributed by atoms with Crippen molar-refractivity contribution >= 4 is 23.1 Å². The smallest absolute Gasteiger partial charge is 0.263 e. The highest BCUT2D eigenvalue weighted by molar-refractivity contribution is 7.13. The van der Waals surface area contributed by atoms with E-state index in [9.17, 15) is 9.59 Å². The second kappa shape index (κ2) is 8.97. The van der Waals surface area contributed by atoms with E-state index in [1.807, 2.05) is 49.6 Å². The molecule has 0 saturated heterocycles. The lowest BCUT2D eigenvalue weighted by atomic mass is 10.1. The van der Waals surface area contributed by atoms with Gasteiger partial charge in [-0.1, -0.05) is 38.1 Å². The maximum absolute atomic E-state index is 12.5. The van der Waals surface area contributed by atoms with Crippen LogP contribution in [0.15, 0.2) is 64.8 Å². The third-order valence-electron chi connectivity index (χ3n) is 4.40. The molecule has 158 valence electrons. The molecular formula is C22H21N5O3S. The van der Waals surface area contributed by atoms with Crippen LogP contribution in [0.4, 0.5) is 5.82 Å². The zero-order valence-corrected chi connectivity index (χ0v) is 17.8. The number of hydrogen-bond donors (Lipinski definition) is 2. The quantitative estimate of drug-likeness (QED) is 0.459. The zero-order chi connectivity index (χ0) is 21.8. The molecule has 8 nitrogen and oxygen atoms in total. The summed E-state index contributed by atoms with van der Waals surface area (Å²) in [4.78, 5) is 32.9. The second-order valence-electron chi connectivity index (χ2n) is 7.10. The van der Waals surface area contributed by atoms with Crippen LogP contribution in [0.1, 0.15) is 25.5 Å². The Morgan fingerprint density at radius 2 is 2.00 bits per heavy atom. The van der Waals surface area contributed by atoms with Crippen LogP contribution in [0.25, 0.3) is 16.5 Å². The summed E-state index contributed by atoms with van der Waals surface area (Å²) < 4.78 is 6.95. The van der Waals surface area contributed by atoms with E-state index in [-0.39, 0.29) is 29.9 Å². The number of anilines is 1. The summed E-state index contributed by atoms with van der Waals surface area (Å²) in [5.41, 5.74) is 1.01. The summed E-state index contributed by atoms with van der Waals surface area (Å²) in [6.45, 7) is 3.74. The number of nitrogens with one attached hydrogen (secondary N) is 2. The van der Waals surface area contributed by atoms with Gasteiger partial charge in [0.05, 0.1) is 10.6 Å². The van der Waals surface area contributed by atoms with Gasteiger partial charge in [-0.05, 0) is 29.5 Å². The highest BCUT2D eigenvalue weighted by Crippen LogP contribution is 2.27. The molecule has 0 aliphatic heterocycles. The van der Waals surface area contributed by atoms with E-state index in [0.717, 1.165) is 4.88 Å². The highest BCUT2D eigenvalue weighted by atomic mass is 32.1. The molecule has 4 aromatic rings. The van der Waals surface area contributed by atoms with Crippen LogP contribution in [-0.2, 0) is 4.79 Å². The Labute approximate surface area is 182 Å². The number of para-hydroxylation sites is 1. The highest BCUT2D eigenvalue weighted by Gasteiger charge is 2.17. The number of hydrogen-bond acceptors (Lipinski definition) is 6. The fourth-order valence-electron chi connectivity index (χ4n) is 2.88. The third kappa shape index (κ3) is 4.89. The van der Waals surface area contributed by atoms with Gasteiger partial charge in [-0.2, -0.15) is 9.78 Å². The van der Waals surface area contributed by atoms with E-state index < -0.39 is 0 Å². The number of ether oxygens (including phenoxy) is 1. The van der Waals surface area contributed by atoms with Gasteiger partial charge < -0.3 is 10.1 Å². The van der Waals surface area contributed by atoms with Gasteiger partial charge in [0.25, 0.3) is 11.5 Å². The van der Waals surface area contributed by atoms with Gasteiger partial charge in [-0.25, -0.2) is 4.98 Å². The van der Waals surface area contributed by atoms with Gasteiger partial charge in [0.15, 0.2) is 6.61 Å². The molecule has 0 unspecified atom stereocenters. The van der Waals surface area contributed by atoms with E-state index in [0.29, 0.717) is 23.0 Å². The Morgan fingerprint density at radius 3 is 2.71 bits per heavy atom. The van der Waals surface area contributed by atoms with Crippen molar-refractivity contribution in [3.8, 4) is 22.3 Å². The maximum Gasteiger partial charge on any atom is 0.263 e. The van der Waals surface area contributed by atoms with Crippen molar-refractivity contribution in [1.82, 2.24) is 19.7 Å². The summed E-state index contributed by atoms with van der Waals surface area (Å²) >= 11 is 1.53. The first-order valence-corrected chi connectivity index (χ1v) is 10.6. The Hall–Kier alpha value is -3.72. The number of thiophene rings is 1. The summed E-state index contributed by atoms with van der Waals surface area (Å²) in [6.07, 6.45) is 0. The summed E-state index contributed by atoms with van der Waals surface area (Å²) in [7, 11) is 0. The normalized spacial score (nSPS) is 10.9. The Bertz CT molecular complexity index is 1230. The van der Waals surface area contributed by atoms with Crippen molar-refractivity contribution in [2.45, 2.75) is 19.8 Å². The molecule has 1 aromatic carbocycles. The first kappa shape index (κ1) is 20.5. The van der Waals surface area contributed by atoms with Crippen molar-refractivity contribution in [2.24, 2.45) is 0 Å². The minimum Gasteiger partial charge on any atom is -0.484 e. The molecule has 4 rings (SSSR count). The molecule has 0 fully saturated rings. The lowest BCUT2D eigenvalue weighted by Gasteiger charge is -2.11. The SMILES string of the molecule is CC(C)c1cc(=O)[nH]c(-n2nc(-c3cccs3)cc2NC(=O)COc2ccccc2)n1. The lowest BCUT2D eigenvalue weighted by molar-refractivity contribution is -0.118. The Kier molecular flexibility index (Phi) is 5.94. The molecule has 0 bridgehead atoms. The van der Waals surface area contributed by atoms with Crippen LogP contribution in [0.5, 0.6) is 5.75 Å². The zero-order valence-electron chi connectivity index (χ0n) is 17.0. The molecule has 0 radical (unpaired) electrons. The molecule has 9 heteroatoms. The molecule has 0 saturated carbocycles. The van der Waals surface area contributed by atoms with Crippen molar-refractivity contribution in [3.63, 3.8) is 0 Å². The molecule has 0 aliphatic rings. The first-order valence-electron chi connectivity index (χ1n) is 9.73. The fraction of sp³-hybridized carbons (Fsp3) is 0.182. The second-order valence-corrected chi connectivity index (χ2v) is 8.05. The van der Waals surface area contributed by atoms with Gasteiger partial charge in [0.1, 0.15) is 17.3 Å². The molecule has 3 heterocycles. The van der Waals surface area contributed by atoms with Crippen LogP contribution in [0.2, 0.25) is 0 Å². The van der Waals surface area contributed by atoms with Crippen molar-refractivity contribution in [2.75, 3.05) is 11.9 Å². The van der Waals surface area contributed by atoms with Gasteiger partial charge in [0, 0.05) is 12.1 Å². The van der Waals surface area contributed by atoms with Crippen LogP contribution in [0.3, 0.4) is 0 Å². The van der Waals surface area contributed by atoms with Gasteiger partial charge in [-0.3, -0.25) is 14.6 Å². The van der Waals surface area contributed by atoms with Crippen LogP contribution in [-0.4, -0.2) is 32.3 Å². The van der Waals surface area contributed by atoms with Crippen LogP contribution < -0.4 is 15.6 Å².